The zero-order chi connectivity index (χ0) is 17.3. The number of benzene rings is 2. The lowest BCUT2D eigenvalue weighted by Gasteiger charge is -2.33. The van der Waals surface area contributed by atoms with Gasteiger partial charge in [-0.15, -0.1) is 0 Å². The molecule has 0 aromatic heterocycles. The van der Waals surface area contributed by atoms with Crippen molar-refractivity contribution in [3.63, 3.8) is 0 Å². The van der Waals surface area contributed by atoms with E-state index in [4.69, 9.17) is 16.3 Å². The second-order valence-electron chi connectivity index (χ2n) is 5.50. The van der Waals surface area contributed by atoms with E-state index in [-0.39, 0.29) is 6.54 Å². The topological polar surface area (TPSA) is 67.4 Å². The molecular weight excluding hydrogens is 335 g/mol. The molecule has 2 aromatic carbocycles. The van der Waals surface area contributed by atoms with Gasteiger partial charge in [-0.3, -0.25) is 9.59 Å². The maximum absolute atomic E-state index is 13.6. The average molecular weight is 349 g/mol. The minimum absolute atomic E-state index is 0.0504. The first-order chi connectivity index (χ1) is 11.4. The van der Waals surface area contributed by atoms with Gasteiger partial charge in [0.05, 0.1) is 5.69 Å². The summed E-state index contributed by atoms with van der Waals surface area (Å²) in [6.45, 7) is 1.31. The molecule has 5 nitrogen and oxygen atoms in total. The quantitative estimate of drug-likeness (QED) is 0.838. The molecule has 1 heterocycles. The van der Waals surface area contributed by atoms with Crippen LogP contribution in [0.5, 0.6) is 5.75 Å². The Labute approximate surface area is 142 Å². The largest absolute Gasteiger partial charge is 0.466 e. The summed E-state index contributed by atoms with van der Waals surface area (Å²) in [7, 11) is 0. The zero-order valence-corrected chi connectivity index (χ0v) is 13.5. The fraction of sp³-hybridized carbons (Fsp3) is 0.176. The molecule has 0 radical (unpaired) electrons. The highest BCUT2D eigenvalue weighted by Gasteiger charge is 2.47. The number of hydrogen-bond acceptors (Lipinski definition) is 3. The summed E-state index contributed by atoms with van der Waals surface area (Å²) in [5.74, 6) is -1.38. The molecule has 2 N–H and O–H groups in total. The molecule has 1 aliphatic rings. The van der Waals surface area contributed by atoms with Crippen LogP contribution in [-0.2, 0) is 16.1 Å². The minimum Gasteiger partial charge on any atom is -0.466 e. The maximum Gasteiger partial charge on any atom is 0.278 e. The van der Waals surface area contributed by atoms with E-state index in [0.29, 0.717) is 22.0 Å². The molecule has 0 spiro atoms. The van der Waals surface area contributed by atoms with Gasteiger partial charge in [-0.25, -0.2) is 4.39 Å². The number of carbonyl (C=O) groups excluding carboxylic acids is 2. The number of carbonyl (C=O) groups is 2. The van der Waals surface area contributed by atoms with Crippen LogP contribution in [0.2, 0.25) is 5.02 Å². The summed E-state index contributed by atoms with van der Waals surface area (Å²) in [5.41, 5.74) is -1.05. The van der Waals surface area contributed by atoms with Crippen LogP contribution in [-0.4, -0.2) is 17.4 Å². The Kier molecular flexibility index (Phi) is 4.15. The van der Waals surface area contributed by atoms with Crippen molar-refractivity contribution >= 4 is 29.1 Å². The van der Waals surface area contributed by atoms with Gasteiger partial charge < -0.3 is 15.4 Å². The SMILES string of the molecule is C[C@]1(C(=O)NCc2ccccc2F)Oc2ccc(Cl)cc2NC1=O. The molecule has 0 unspecified atom stereocenters. The van der Waals surface area contributed by atoms with Gasteiger partial charge in [0.1, 0.15) is 11.6 Å². The Bertz CT molecular complexity index is 827. The van der Waals surface area contributed by atoms with E-state index < -0.39 is 23.2 Å². The normalized spacial score (nSPS) is 19.0. The molecule has 7 heteroatoms. The lowest BCUT2D eigenvalue weighted by molar-refractivity contribution is -0.146. The Balaban J connectivity index is 1.77. The third-order valence-electron chi connectivity index (χ3n) is 3.77. The number of hydrogen-bond donors (Lipinski definition) is 2. The smallest absolute Gasteiger partial charge is 0.278 e. The Morgan fingerprint density at radius 1 is 1.33 bits per heavy atom. The summed E-state index contributed by atoms with van der Waals surface area (Å²) >= 11 is 5.87. The number of amides is 2. The van der Waals surface area contributed by atoms with Gasteiger partial charge in [0.2, 0.25) is 0 Å². The lowest BCUT2D eigenvalue weighted by atomic mass is 10.0. The fourth-order valence-electron chi connectivity index (χ4n) is 2.33. The van der Waals surface area contributed by atoms with Gasteiger partial charge in [0, 0.05) is 17.1 Å². The molecule has 0 aliphatic carbocycles. The van der Waals surface area contributed by atoms with Gasteiger partial charge in [0.15, 0.2) is 0 Å². The van der Waals surface area contributed by atoms with Gasteiger partial charge in [0.25, 0.3) is 17.4 Å². The van der Waals surface area contributed by atoms with Gasteiger partial charge >= 0.3 is 0 Å². The number of halogens is 2. The van der Waals surface area contributed by atoms with Crippen molar-refractivity contribution in [1.82, 2.24) is 5.32 Å². The standard InChI is InChI=1S/C17H14ClFN2O3/c1-17(15(22)20-9-10-4-2-3-5-12(10)19)16(23)21-13-8-11(18)6-7-14(13)24-17/h2-8H,9H2,1H3,(H,20,22)(H,21,23)/t17-/m1/s1. The Morgan fingerprint density at radius 3 is 2.83 bits per heavy atom. The first kappa shape index (κ1) is 16.3. The molecule has 0 fully saturated rings. The molecule has 0 saturated carbocycles. The zero-order valence-electron chi connectivity index (χ0n) is 12.7. The van der Waals surface area contributed by atoms with Crippen LogP contribution in [0.4, 0.5) is 10.1 Å². The average Bonchev–Trinajstić information content (AvgIpc) is 2.55. The van der Waals surface area contributed by atoms with E-state index in [2.05, 4.69) is 10.6 Å². The highest BCUT2D eigenvalue weighted by Crippen LogP contribution is 2.35. The highest BCUT2D eigenvalue weighted by atomic mass is 35.5. The third-order valence-corrected chi connectivity index (χ3v) is 4.00. The molecule has 0 saturated heterocycles. The van der Waals surface area contributed by atoms with Gasteiger partial charge in [-0.05, 0) is 31.2 Å². The van der Waals surface area contributed by atoms with Crippen LogP contribution in [0.1, 0.15) is 12.5 Å². The number of nitrogens with one attached hydrogen (secondary N) is 2. The number of fused-ring (bicyclic) bond motifs is 1. The van der Waals surface area contributed by atoms with Crippen molar-refractivity contribution in [3.05, 3.63) is 58.9 Å². The van der Waals surface area contributed by atoms with Crippen molar-refractivity contribution < 1.29 is 18.7 Å². The predicted molar refractivity (Wildman–Crippen MR) is 87.4 cm³/mol. The first-order valence-electron chi connectivity index (χ1n) is 7.22. The van der Waals surface area contributed by atoms with Crippen LogP contribution in [0.3, 0.4) is 0 Å². The van der Waals surface area contributed by atoms with Crippen molar-refractivity contribution in [3.8, 4) is 5.75 Å². The number of ether oxygens (including phenoxy) is 1. The van der Waals surface area contributed by atoms with E-state index in [9.17, 15) is 14.0 Å². The molecular formula is C17H14ClFN2O3. The van der Waals surface area contributed by atoms with Crippen molar-refractivity contribution in [2.24, 2.45) is 0 Å². The number of anilines is 1. The van der Waals surface area contributed by atoms with Crippen molar-refractivity contribution in [2.45, 2.75) is 19.1 Å². The second-order valence-corrected chi connectivity index (χ2v) is 5.94. The molecule has 0 bridgehead atoms. The highest BCUT2D eigenvalue weighted by molar-refractivity contribution is 6.31. The maximum atomic E-state index is 13.6. The summed E-state index contributed by atoms with van der Waals surface area (Å²) in [6.07, 6.45) is 0. The monoisotopic (exact) mass is 348 g/mol. The lowest BCUT2D eigenvalue weighted by Crippen LogP contribution is -2.58. The van der Waals surface area contributed by atoms with Gasteiger partial charge in [-0.1, -0.05) is 29.8 Å². The fourth-order valence-corrected chi connectivity index (χ4v) is 2.50. The molecule has 24 heavy (non-hydrogen) atoms. The van der Waals surface area contributed by atoms with Gasteiger partial charge in [-0.2, -0.15) is 0 Å². The Morgan fingerprint density at radius 2 is 2.08 bits per heavy atom. The predicted octanol–water partition coefficient (Wildman–Crippen LogP) is 2.89. The molecule has 124 valence electrons. The first-order valence-corrected chi connectivity index (χ1v) is 7.59. The van der Waals surface area contributed by atoms with Crippen molar-refractivity contribution in [1.29, 1.82) is 0 Å². The summed E-state index contributed by atoms with van der Waals surface area (Å²) < 4.78 is 19.2. The summed E-state index contributed by atoms with van der Waals surface area (Å²) in [5, 5.41) is 5.57. The minimum atomic E-state index is -1.76. The third kappa shape index (κ3) is 2.92. The van der Waals surface area contributed by atoms with Crippen LogP contribution in [0.15, 0.2) is 42.5 Å². The van der Waals surface area contributed by atoms with E-state index in [1.54, 1.807) is 30.3 Å². The summed E-state index contributed by atoms with van der Waals surface area (Å²) in [4.78, 5) is 24.7. The number of rotatable bonds is 3. The van der Waals surface area contributed by atoms with Crippen LogP contribution >= 0.6 is 11.6 Å². The van der Waals surface area contributed by atoms with Crippen LogP contribution < -0.4 is 15.4 Å². The molecule has 3 rings (SSSR count). The summed E-state index contributed by atoms with van der Waals surface area (Å²) in [6, 6.07) is 10.8. The molecule has 1 atom stereocenters. The molecule has 1 aliphatic heterocycles. The van der Waals surface area contributed by atoms with Crippen LogP contribution in [0, 0.1) is 5.82 Å². The van der Waals surface area contributed by atoms with E-state index >= 15 is 0 Å². The van der Waals surface area contributed by atoms with E-state index in [0.717, 1.165) is 0 Å². The van der Waals surface area contributed by atoms with E-state index in [1.807, 2.05) is 0 Å². The van der Waals surface area contributed by atoms with E-state index in [1.165, 1.54) is 19.1 Å². The Hall–Kier alpha value is -2.60. The van der Waals surface area contributed by atoms with Crippen LogP contribution in [0.25, 0.3) is 0 Å². The second kappa shape index (κ2) is 6.13. The molecule has 2 aromatic rings. The van der Waals surface area contributed by atoms with Crippen molar-refractivity contribution in [2.75, 3.05) is 5.32 Å². The molecule has 2 amide bonds.